The summed E-state index contributed by atoms with van der Waals surface area (Å²) in [6.07, 6.45) is 3.49. The highest BCUT2D eigenvalue weighted by Crippen LogP contribution is 2.13. The Labute approximate surface area is 73.8 Å². The van der Waals surface area contributed by atoms with Crippen molar-refractivity contribution >= 4 is 0 Å². The monoisotopic (exact) mass is 160 g/mol. The van der Waals surface area contributed by atoms with Crippen molar-refractivity contribution in [2.24, 2.45) is 0 Å². The Balaban J connectivity index is 2.24. The average molecular weight is 160 g/mol. The maximum absolute atomic E-state index is 3.30. The molecule has 1 nitrogen and oxygen atoms in total. The Hall–Kier alpha value is -0.820. The van der Waals surface area contributed by atoms with E-state index in [4.69, 9.17) is 0 Å². The molecule has 1 heteroatoms. The third-order valence-corrected chi connectivity index (χ3v) is 2.36. The highest BCUT2D eigenvalue weighted by atomic mass is 14.8. The lowest BCUT2D eigenvalue weighted by Gasteiger charge is -2.13. The molecule has 1 heterocycles. The van der Waals surface area contributed by atoms with Crippen LogP contribution in [0.15, 0.2) is 24.3 Å². The second-order valence-electron chi connectivity index (χ2n) is 3.22. The van der Waals surface area contributed by atoms with Crippen molar-refractivity contribution in [1.29, 1.82) is 0 Å². The summed E-state index contributed by atoms with van der Waals surface area (Å²) in [5, 5.41) is 3.30. The summed E-state index contributed by atoms with van der Waals surface area (Å²) in [5.74, 6) is 0. The quantitative estimate of drug-likeness (QED) is 0.611. The minimum Gasteiger partial charge on any atom is -0.312 e. The van der Waals surface area contributed by atoms with Gasteiger partial charge in [0.25, 0.3) is 0 Å². The molecule has 0 unspecified atom stereocenters. The third kappa shape index (κ3) is 1.67. The summed E-state index contributed by atoms with van der Waals surface area (Å²) < 4.78 is 0. The summed E-state index contributed by atoms with van der Waals surface area (Å²) in [5.41, 5.74) is 3.04. The Kier molecular flexibility index (Phi) is 2.42. The molecule has 0 aromatic heterocycles. The van der Waals surface area contributed by atoms with Crippen molar-refractivity contribution in [2.45, 2.75) is 19.3 Å². The first-order chi connectivity index (χ1) is 5.97. The van der Waals surface area contributed by atoms with E-state index >= 15 is 0 Å². The van der Waals surface area contributed by atoms with Crippen molar-refractivity contribution in [3.05, 3.63) is 41.9 Å². The van der Waals surface area contributed by atoms with Crippen LogP contribution in [0.5, 0.6) is 0 Å². The molecule has 0 fully saturated rings. The largest absolute Gasteiger partial charge is 0.312 e. The van der Waals surface area contributed by atoms with Crippen LogP contribution in [0.3, 0.4) is 0 Å². The van der Waals surface area contributed by atoms with Gasteiger partial charge in [-0.05, 0) is 36.9 Å². The molecule has 0 amide bonds. The van der Waals surface area contributed by atoms with Gasteiger partial charge >= 0.3 is 0 Å². The van der Waals surface area contributed by atoms with Crippen molar-refractivity contribution in [3.8, 4) is 0 Å². The number of nitrogens with one attached hydrogen (secondary N) is 1. The topological polar surface area (TPSA) is 12.0 Å². The molecular weight excluding hydrogens is 146 g/mol. The third-order valence-electron chi connectivity index (χ3n) is 2.36. The van der Waals surface area contributed by atoms with E-state index in [2.05, 4.69) is 36.1 Å². The van der Waals surface area contributed by atoms with Gasteiger partial charge in [-0.15, -0.1) is 0 Å². The molecule has 1 aliphatic rings. The highest BCUT2D eigenvalue weighted by Gasteiger charge is 2.04. The first kappa shape index (κ1) is 7.81. The van der Waals surface area contributed by atoms with E-state index in [1.54, 1.807) is 0 Å². The smallest absolute Gasteiger partial charge is 0.0224 e. The predicted octanol–water partition coefficient (Wildman–Crippen LogP) is 1.93. The van der Waals surface area contributed by atoms with Crippen molar-refractivity contribution in [3.63, 3.8) is 0 Å². The van der Waals surface area contributed by atoms with Crippen LogP contribution in [-0.4, -0.2) is 6.54 Å². The van der Waals surface area contributed by atoms with E-state index in [1.165, 1.54) is 17.5 Å². The molecule has 1 aromatic rings. The second-order valence-corrected chi connectivity index (χ2v) is 3.22. The SMILES string of the molecule is [CH]1CCc2ccccc2CCN1. The van der Waals surface area contributed by atoms with Crippen LogP contribution in [0.25, 0.3) is 0 Å². The second kappa shape index (κ2) is 3.72. The number of hydrogen-bond donors (Lipinski definition) is 1. The Bertz CT molecular complexity index is 228. The molecule has 0 saturated carbocycles. The molecule has 12 heavy (non-hydrogen) atoms. The number of hydrogen-bond acceptors (Lipinski definition) is 1. The summed E-state index contributed by atoms with van der Waals surface area (Å²) in [6, 6.07) is 8.74. The minimum absolute atomic E-state index is 1.08. The Morgan fingerprint density at radius 1 is 1.00 bits per heavy atom. The standard InChI is InChI=1S/C11H14N/c1-2-5-11-7-9-12-8-3-6-10(11)4-1/h1-2,4-5,8,12H,3,6-7,9H2. The fourth-order valence-corrected chi connectivity index (χ4v) is 1.68. The minimum atomic E-state index is 1.08. The van der Waals surface area contributed by atoms with E-state index in [0.717, 1.165) is 19.4 Å². The zero-order valence-electron chi connectivity index (χ0n) is 7.22. The average Bonchev–Trinajstić information content (AvgIpc) is 2.06. The van der Waals surface area contributed by atoms with Gasteiger partial charge in [0.1, 0.15) is 0 Å². The van der Waals surface area contributed by atoms with E-state index < -0.39 is 0 Å². The maximum atomic E-state index is 3.30. The Morgan fingerprint density at radius 2 is 1.75 bits per heavy atom. The van der Waals surface area contributed by atoms with Gasteiger partial charge < -0.3 is 5.32 Å². The van der Waals surface area contributed by atoms with Crippen LogP contribution in [-0.2, 0) is 12.8 Å². The van der Waals surface area contributed by atoms with E-state index in [-0.39, 0.29) is 0 Å². The lowest BCUT2D eigenvalue weighted by molar-refractivity contribution is 0.699. The number of aryl methyl sites for hydroxylation is 1. The molecule has 1 N–H and O–H groups in total. The molecule has 1 aliphatic heterocycles. The van der Waals surface area contributed by atoms with Crippen molar-refractivity contribution in [1.82, 2.24) is 5.32 Å². The normalized spacial score (nSPS) is 17.7. The van der Waals surface area contributed by atoms with Gasteiger partial charge in [0.15, 0.2) is 0 Å². The lowest BCUT2D eigenvalue weighted by Crippen LogP contribution is -2.17. The van der Waals surface area contributed by atoms with Crippen molar-refractivity contribution < 1.29 is 0 Å². The van der Waals surface area contributed by atoms with Crippen molar-refractivity contribution in [2.75, 3.05) is 6.54 Å². The van der Waals surface area contributed by atoms with Gasteiger partial charge in [-0.3, -0.25) is 0 Å². The molecule has 63 valence electrons. The van der Waals surface area contributed by atoms with Gasteiger partial charge in [-0.25, -0.2) is 0 Å². The number of fused-ring (bicyclic) bond motifs is 1. The fourth-order valence-electron chi connectivity index (χ4n) is 1.68. The van der Waals surface area contributed by atoms with Gasteiger partial charge in [0, 0.05) is 6.54 Å². The predicted molar refractivity (Wildman–Crippen MR) is 50.8 cm³/mol. The molecule has 1 aromatic carbocycles. The number of rotatable bonds is 0. The molecule has 0 bridgehead atoms. The fraction of sp³-hybridized carbons (Fsp3) is 0.364. The summed E-state index contributed by atoms with van der Waals surface area (Å²) in [7, 11) is 0. The summed E-state index contributed by atoms with van der Waals surface area (Å²) >= 11 is 0. The Morgan fingerprint density at radius 3 is 2.58 bits per heavy atom. The van der Waals surface area contributed by atoms with Gasteiger partial charge in [0.05, 0.1) is 0 Å². The lowest BCUT2D eigenvalue weighted by atomic mass is 9.99. The zero-order chi connectivity index (χ0) is 8.23. The molecule has 1 radical (unpaired) electrons. The summed E-state index contributed by atoms with van der Waals surface area (Å²) in [6.45, 7) is 3.26. The van der Waals surface area contributed by atoms with E-state index in [1.807, 2.05) is 0 Å². The van der Waals surface area contributed by atoms with E-state index in [0.29, 0.717) is 0 Å². The first-order valence-electron chi connectivity index (χ1n) is 4.58. The molecule has 0 spiro atoms. The van der Waals surface area contributed by atoms with Crippen LogP contribution >= 0.6 is 0 Å². The van der Waals surface area contributed by atoms with Crippen LogP contribution in [0.1, 0.15) is 17.5 Å². The molecule has 0 atom stereocenters. The maximum Gasteiger partial charge on any atom is 0.0224 e. The highest BCUT2D eigenvalue weighted by molar-refractivity contribution is 5.28. The number of benzene rings is 1. The van der Waals surface area contributed by atoms with Crippen LogP contribution in [0, 0.1) is 6.54 Å². The molecule has 0 aliphatic carbocycles. The van der Waals surface area contributed by atoms with Crippen LogP contribution in [0.4, 0.5) is 0 Å². The molecule has 2 rings (SSSR count). The van der Waals surface area contributed by atoms with Gasteiger partial charge in [0.2, 0.25) is 0 Å². The van der Waals surface area contributed by atoms with Crippen LogP contribution < -0.4 is 5.32 Å². The first-order valence-corrected chi connectivity index (χ1v) is 4.58. The van der Waals surface area contributed by atoms with Gasteiger partial charge in [-0.2, -0.15) is 0 Å². The van der Waals surface area contributed by atoms with E-state index in [9.17, 15) is 0 Å². The zero-order valence-corrected chi connectivity index (χ0v) is 7.22. The van der Waals surface area contributed by atoms with Crippen LogP contribution in [0.2, 0.25) is 0 Å². The van der Waals surface area contributed by atoms with Gasteiger partial charge in [-0.1, -0.05) is 24.3 Å². The molecule has 0 saturated heterocycles. The molecular formula is C11H14N. The summed E-state index contributed by atoms with van der Waals surface area (Å²) in [4.78, 5) is 0.